The Kier molecular flexibility index (Phi) is 4.60. The third kappa shape index (κ3) is 2.61. The summed E-state index contributed by atoms with van der Waals surface area (Å²) in [5.74, 6) is 0. The van der Waals surface area contributed by atoms with Crippen LogP contribution in [-0.4, -0.2) is 60.5 Å². The summed E-state index contributed by atoms with van der Waals surface area (Å²) in [5, 5.41) is 0. The van der Waals surface area contributed by atoms with Gasteiger partial charge in [0, 0.05) is 25.7 Å². The lowest BCUT2D eigenvalue weighted by atomic mass is 9.68. The van der Waals surface area contributed by atoms with E-state index in [1.165, 1.54) is 5.56 Å². The van der Waals surface area contributed by atoms with Crippen molar-refractivity contribution < 1.29 is 4.79 Å². The highest BCUT2D eigenvalue weighted by Crippen LogP contribution is 2.48. The molecule has 0 N–H and O–H groups in total. The molecule has 1 aliphatic carbocycles. The highest BCUT2D eigenvalue weighted by Gasteiger charge is 2.53. The van der Waals surface area contributed by atoms with E-state index in [1.54, 1.807) is 0 Å². The normalized spacial score (nSPS) is 30.6. The fraction of sp³-hybridized carbons (Fsp3) is 0.650. The van der Waals surface area contributed by atoms with Crippen molar-refractivity contribution in [3.8, 4) is 0 Å². The molecule has 1 spiro atoms. The van der Waals surface area contributed by atoms with Gasteiger partial charge in [0.05, 0.1) is 5.54 Å². The second-order valence-corrected chi connectivity index (χ2v) is 7.81. The van der Waals surface area contributed by atoms with E-state index in [1.807, 2.05) is 11.9 Å². The molecule has 2 amide bonds. The second-order valence-electron chi connectivity index (χ2n) is 7.81. The number of carbonyl (C=O) groups excluding carboxylic acids is 1. The Morgan fingerprint density at radius 2 is 1.71 bits per heavy atom. The van der Waals surface area contributed by atoms with Crippen LogP contribution in [-0.2, 0) is 5.54 Å². The maximum Gasteiger partial charge on any atom is 0.320 e. The Hall–Kier alpha value is -1.55. The highest BCUT2D eigenvalue weighted by molar-refractivity contribution is 5.78. The highest BCUT2D eigenvalue weighted by atomic mass is 16.2. The number of amides is 2. The molecule has 1 aromatic carbocycles. The monoisotopic (exact) mass is 329 g/mol. The fourth-order valence-electron chi connectivity index (χ4n) is 4.86. The van der Waals surface area contributed by atoms with Crippen LogP contribution >= 0.6 is 0 Å². The lowest BCUT2D eigenvalue weighted by molar-refractivity contribution is 0.0250. The summed E-state index contributed by atoms with van der Waals surface area (Å²) in [4.78, 5) is 19.0. The lowest BCUT2D eigenvalue weighted by Crippen LogP contribution is -2.55. The molecular formula is C20H31N3O. The van der Waals surface area contributed by atoms with Crippen LogP contribution in [0.4, 0.5) is 4.79 Å². The van der Waals surface area contributed by atoms with E-state index in [0.717, 1.165) is 45.2 Å². The summed E-state index contributed by atoms with van der Waals surface area (Å²) in [5.41, 5.74) is 1.54. The van der Waals surface area contributed by atoms with Gasteiger partial charge in [-0.3, -0.25) is 4.90 Å². The van der Waals surface area contributed by atoms with Crippen LogP contribution in [0.25, 0.3) is 0 Å². The number of hydrogen-bond acceptors (Lipinski definition) is 2. The van der Waals surface area contributed by atoms with E-state index in [2.05, 4.69) is 61.2 Å². The van der Waals surface area contributed by atoms with Crippen molar-refractivity contribution in [2.24, 2.45) is 0 Å². The van der Waals surface area contributed by atoms with Crippen molar-refractivity contribution in [2.75, 3.05) is 34.2 Å². The maximum atomic E-state index is 12.6. The number of hydrogen-bond donors (Lipinski definition) is 0. The topological polar surface area (TPSA) is 26.8 Å². The first-order valence-corrected chi connectivity index (χ1v) is 9.21. The Bertz CT molecular complexity index is 576. The van der Waals surface area contributed by atoms with Crippen LogP contribution in [0.2, 0.25) is 0 Å². The molecule has 4 nitrogen and oxygen atoms in total. The Morgan fingerprint density at radius 3 is 2.25 bits per heavy atom. The standard InChI is InChI=1S/C20H31N3O/c1-5-15-23-18(24)22(4)16-19(23)11-13-20(14-12-19,21(2)3)17-9-7-6-8-10-17/h6-10H,5,11-16H2,1-4H3. The predicted molar refractivity (Wildman–Crippen MR) is 98.0 cm³/mol. The van der Waals surface area contributed by atoms with Gasteiger partial charge in [0.2, 0.25) is 0 Å². The Balaban J connectivity index is 1.87. The van der Waals surface area contributed by atoms with Crippen molar-refractivity contribution >= 4 is 6.03 Å². The van der Waals surface area contributed by atoms with Crippen LogP contribution < -0.4 is 0 Å². The largest absolute Gasteiger partial charge is 0.325 e. The molecule has 1 aliphatic heterocycles. The smallest absolute Gasteiger partial charge is 0.320 e. The summed E-state index contributed by atoms with van der Waals surface area (Å²) in [6, 6.07) is 11.1. The second kappa shape index (κ2) is 6.40. The molecular weight excluding hydrogens is 298 g/mol. The third-order valence-electron chi connectivity index (χ3n) is 6.28. The summed E-state index contributed by atoms with van der Waals surface area (Å²) in [6.45, 7) is 3.92. The van der Waals surface area contributed by atoms with Crippen molar-refractivity contribution in [3.05, 3.63) is 35.9 Å². The molecule has 1 saturated heterocycles. The summed E-state index contributed by atoms with van der Waals surface area (Å²) in [6.07, 6.45) is 5.39. The van der Waals surface area contributed by atoms with Crippen LogP contribution in [0.15, 0.2) is 30.3 Å². The first-order valence-electron chi connectivity index (χ1n) is 9.21. The minimum atomic E-state index is 0.0378. The van der Waals surface area contributed by atoms with Crippen molar-refractivity contribution in [1.29, 1.82) is 0 Å². The van der Waals surface area contributed by atoms with E-state index in [9.17, 15) is 4.79 Å². The number of urea groups is 1. The van der Waals surface area contributed by atoms with Crippen LogP contribution in [0, 0.1) is 0 Å². The molecule has 2 fully saturated rings. The number of carbonyl (C=O) groups is 1. The van der Waals surface area contributed by atoms with Gasteiger partial charge in [0.15, 0.2) is 0 Å². The number of benzene rings is 1. The molecule has 2 aliphatic rings. The molecule has 0 bridgehead atoms. The van der Waals surface area contributed by atoms with Gasteiger partial charge in [-0.25, -0.2) is 4.79 Å². The zero-order chi connectivity index (χ0) is 17.4. The molecule has 0 radical (unpaired) electrons. The maximum absolute atomic E-state index is 12.6. The zero-order valence-electron chi connectivity index (χ0n) is 15.6. The molecule has 1 aromatic rings. The van der Waals surface area contributed by atoms with Crippen LogP contribution in [0.1, 0.15) is 44.6 Å². The predicted octanol–water partition coefficient (Wildman–Crippen LogP) is 3.53. The third-order valence-corrected chi connectivity index (χ3v) is 6.28. The molecule has 132 valence electrons. The van der Waals surface area contributed by atoms with E-state index in [0.29, 0.717) is 0 Å². The van der Waals surface area contributed by atoms with Crippen molar-refractivity contribution in [2.45, 2.75) is 50.1 Å². The average Bonchev–Trinajstić information content (AvgIpc) is 2.81. The summed E-state index contributed by atoms with van der Waals surface area (Å²) in [7, 11) is 6.34. The molecule has 4 heteroatoms. The zero-order valence-corrected chi connectivity index (χ0v) is 15.6. The Morgan fingerprint density at radius 1 is 1.08 bits per heavy atom. The molecule has 0 aromatic heterocycles. The quantitative estimate of drug-likeness (QED) is 0.845. The van der Waals surface area contributed by atoms with E-state index in [4.69, 9.17) is 0 Å². The minimum absolute atomic E-state index is 0.0378. The number of nitrogens with zero attached hydrogens (tertiary/aromatic N) is 3. The van der Waals surface area contributed by atoms with Gasteiger partial charge in [0.1, 0.15) is 0 Å². The number of rotatable bonds is 4. The van der Waals surface area contributed by atoms with Crippen molar-refractivity contribution in [1.82, 2.24) is 14.7 Å². The molecule has 1 saturated carbocycles. The first kappa shape index (κ1) is 17.3. The van der Waals surface area contributed by atoms with E-state index < -0.39 is 0 Å². The van der Waals surface area contributed by atoms with Crippen LogP contribution in [0.5, 0.6) is 0 Å². The molecule has 3 rings (SSSR count). The lowest BCUT2D eigenvalue weighted by Gasteiger charge is -2.51. The first-order chi connectivity index (χ1) is 11.4. The van der Waals surface area contributed by atoms with Gasteiger partial charge >= 0.3 is 6.03 Å². The van der Waals surface area contributed by atoms with E-state index in [-0.39, 0.29) is 17.1 Å². The molecule has 1 heterocycles. The van der Waals surface area contributed by atoms with Gasteiger partial charge in [-0.2, -0.15) is 0 Å². The van der Waals surface area contributed by atoms with Gasteiger partial charge in [-0.15, -0.1) is 0 Å². The average molecular weight is 329 g/mol. The summed E-state index contributed by atoms with van der Waals surface area (Å²) >= 11 is 0. The minimum Gasteiger partial charge on any atom is -0.325 e. The van der Waals surface area contributed by atoms with Gasteiger partial charge in [0.25, 0.3) is 0 Å². The molecule has 24 heavy (non-hydrogen) atoms. The molecule has 0 unspecified atom stereocenters. The van der Waals surface area contributed by atoms with Crippen molar-refractivity contribution in [3.63, 3.8) is 0 Å². The van der Waals surface area contributed by atoms with Gasteiger partial charge in [-0.05, 0) is 51.8 Å². The van der Waals surface area contributed by atoms with Gasteiger partial charge in [-0.1, -0.05) is 37.3 Å². The summed E-state index contributed by atoms with van der Waals surface area (Å²) < 4.78 is 0. The van der Waals surface area contributed by atoms with Gasteiger partial charge < -0.3 is 9.80 Å². The SMILES string of the molecule is CCCN1C(=O)N(C)CC12CCC(c1ccccc1)(N(C)C)CC2. The Labute approximate surface area is 146 Å². The molecule has 0 atom stereocenters. The van der Waals surface area contributed by atoms with Crippen LogP contribution in [0.3, 0.4) is 0 Å². The fourth-order valence-corrected chi connectivity index (χ4v) is 4.86. The number of likely N-dealkylation sites (N-methyl/N-ethyl adjacent to an activating group) is 1. The van der Waals surface area contributed by atoms with E-state index >= 15 is 0 Å².